The number of anilines is 4. The third kappa shape index (κ3) is 2.38. The Morgan fingerprint density at radius 3 is 1.44 bits per heavy atom. The monoisotopic (exact) mass is 340 g/mol. The van der Waals surface area contributed by atoms with Crippen LogP contribution in [0.2, 0.25) is 0 Å². The fourth-order valence-electron chi connectivity index (χ4n) is 3.43. The van der Waals surface area contributed by atoms with E-state index in [2.05, 4.69) is 106 Å². The van der Waals surface area contributed by atoms with E-state index in [0.29, 0.717) is 8.88 Å². The van der Waals surface area contributed by atoms with Crippen molar-refractivity contribution < 1.29 is 0 Å². The average Bonchev–Trinajstić information content (AvgIpc) is 2.70. The Balaban J connectivity index is 1.79. The Hall–Kier alpha value is -2.83. The normalized spacial score (nSPS) is 13.3. The highest BCUT2D eigenvalue weighted by atomic mass is 31.1. The van der Waals surface area contributed by atoms with Crippen LogP contribution in [0.15, 0.2) is 97.1 Å². The van der Waals surface area contributed by atoms with Crippen LogP contribution in [0.25, 0.3) is 10.8 Å². The summed E-state index contributed by atoms with van der Waals surface area (Å²) in [5, 5.41) is 2.60. The molecule has 0 radical (unpaired) electrons. The summed E-state index contributed by atoms with van der Waals surface area (Å²) in [5.74, 6) is 0. The van der Waals surface area contributed by atoms with Crippen LogP contribution in [-0.4, -0.2) is 0 Å². The summed E-state index contributed by atoms with van der Waals surface area (Å²) in [6, 6.07) is 34.5. The molecule has 0 N–H and O–H groups in total. The topological polar surface area (TPSA) is 6.48 Å². The molecular formula is C22H17N2P. The minimum Gasteiger partial charge on any atom is -0.304 e. The number of para-hydroxylation sites is 2. The van der Waals surface area contributed by atoms with Crippen LogP contribution < -0.4 is 9.34 Å². The Morgan fingerprint density at radius 2 is 0.960 bits per heavy atom. The van der Waals surface area contributed by atoms with Crippen molar-refractivity contribution in [3.8, 4) is 0 Å². The SMILES string of the molecule is c1ccc(N2PN(c3ccccc3)c3cccc4cccc2c34)cc1. The number of hydrogen-bond donors (Lipinski definition) is 0. The van der Waals surface area contributed by atoms with Crippen molar-refractivity contribution >= 4 is 42.4 Å². The summed E-state index contributed by atoms with van der Waals surface area (Å²) in [5.41, 5.74) is 5.02. The smallest absolute Gasteiger partial charge is 0.0894 e. The molecule has 4 aromatic rings. The zero-order valence-electron chi connectivity index (χ0n) is 13.6. The van der Waals surface area contributed by atoms with Crippen molar-refractivity contribution in [2.75, 3.05) is 9.34 Å². The molecule has 0 aromatic heterocycles. The first-order valence-corrected chi connectivity index (χ1v) is 9.30. The average molecular weight is 340 g/mol. The van der Waals surface area contributed by atoms with Crippen molar-refractivity contribution in [1.29, 1.82) is 0 Å². The van der Waals surface area contributed by atoms with Crippen LogP contribution in [0.3, 0.4) is 0 Å². The molecule has 0 saturated carbocycles. The van der Waals surface area contributed by atoms with Crippen molar-refractivity contribution in [2.24, 2.45) is 0 Å². The minimum absolute atomic E-state index is 0.488. The van der Waals surface area contributed by atoms with Crippen LogP contribution in [0.5, 0.6) is 0 Å². The molecule has 0 atom stereocenters. The standard InChI is InChI=1S/C22H17N2P/c1-3-11-18(12-4-1)23-20-15-7-9-17-10-8-16-21(22(17)20)24(25-23)19-13-5-2-6-14-19/h1-16,25H. The lowest BCUT2D eigenvalue weighted by molar-refractivity contribution is 1.35. The first-order chi connectivity index (χ1) is 12.4. The maximum Gasteiger partial charge on any atom is 0.0894 e. The van der Waals surface area contributed by atoms with Gasteiger partial charge in [-0.05, 0) is 41.8 Å². The lowest BCUT2D eigenvalue weighted by Crippen LogP contribution is -2.20. The Bertz CT molecular complexity index is 951. The van der Waals surface area contributed by atoms with Gasteiger partial charge >= 0.3 is 0 Å². The molecule has 120 valence electrons. The first kappa shape index (κ1) is 14.5. The highest BCUT2D eigenvalue weighted by Gasteiger charge is 2.26. The molecule has 0 amide bonds. The van der Waals surface area contributed by atoms with Gasteiger partial charge in [-0.3, -0.25) is 0 Å². The first-order valence-electron chi connectivity index (χ1n) is 8.40. The summed E-state index contributed by atoms with van der Waals surface area (Å²) in [6.45, 7) is 0. The summed E-state index contributed by atoms with van der Waals surface area (Å²) in [7, 11) is 0.488. The van der Waals surface area contributed by atoms with Crippen molar-refractivity contribution in [3.63, 3.8) is 0 Å². The van der Waals surface area contributed by atoms with E-state index in [0.717, 1.165) is 0 Å². The summed E-state index contributed by atoms with van der Waals surface area (Å²) >= 11 is 0. The molecule has 1 aliphatic heterocycles. The zero-order valence-corrected chi connectivity index (χ0v) is 14.6. The largest absolute Gasteiger partial charge is 0.304 e. The molecular weight excluding hydrogens is 323 g/mol. The fraction of sp³-hybridized carbons (Fsp3) is 0. The van der Waals surface area contributed by atoms with Gasteiger partial charge in [0.15, 0.2) is 0 Å². The fourth-order valence-corrected chi connectivity index (χ4v) is 4.75. The van der Waals surface area contributed by atoms with E-state index in [1.54, 1.807) is 0 Å². The second-order valence-corrected chi connectivity index (χ2v) is 7.19. The van der Waals surface area contributed by atoms with Gasteiger partial charge in [-0.2, -0.15) is 0 Å². The number of nitrogens with zero attached hydrogens (tertiary/aromatic N) is 2. The minimum atomic E-state index is 0.488. The van der Waals surface area contributed by atoms with Gasteiger partial charge in [0, 0.05) is 16.8 Å². The van der Waals surface area contributed by atoms with E-state index in [9.17, 15) is 0 Å². The van der Waals surface area contributed by atoms with Crippen LogP contribution in [0.4, 0.5) is 22.7 Å². The van der Waals surface area contributed by atoms with Gasteiger partial charge in [0.2, 0.25) is 0 Å². The molecule has 25 heavy (non-hydrogen) atoms. The molecule has 0 bridgehead atoms. The highest BCUT2D eigenvalue weighted by Crippen LogP contribution is 2.54. The molecule has 1 heterocycles. The Kier molecular flexibility index (Phi) is 3.43. The second-order valence-electron chi connectivity index (χ2n) is 6.09. The molecule has 2 nitrogen and oxygen atoms in total. The van der Waals surface area contributed by atoms with Gasteiger partial charge in [-0.1, -0.05) is 60.7 Å². The summed E-state index contributed by atoms with van der Waals surface area (Å²) < 4.78 is 4.84. The third-order valence-electron chi connectivity index (χ3n) is 4.57. The van der Waals surface area contributed by atoms with E-state index in [4.69, 9.17) is 0 Å². The molecule has 0 saturated heterocycles. The molecule has 0 unspecified atom stereocenters. The quantitative estimate of drug-likeness (QED) is 0.377. The van der Waals surface area contributed by atoms with Crippen molar-refractivity contribution in [1.82, 2.24) is 0 Å². The third-order valence-corrected chi connectivity index (χ3v) is 5.97. The van der Waals surface area contributed by atoms with Gasteiger partial charge in [0.05, 0.1) is 20.3 Å². The van der Waals surface area contributed by atoms with Crippen LogP contribution in [0.1, 0.15) is 0 Å². The van der Waals surface area contributed by atoms with Crippen LogP contribution in [0, 0.1) is 0 Å². The van der Waals surface area contributed by atoms with Gasteiger partial charge in [0.1, 0.15) is 0 Å². The molecule has 3 heteroatoms. The Labute approximate surface area is 149 Å². The van der Waals surface area contributed by atoms with E-state index in [1.165, 1.54) is 33.5 Å². The lowest BCUT2D eigenvalue weighted by Gasteiger charge is -2.39. The van der Waals surface area contributed by atoms with Crippen LogP contribution >= 0.6 is 8.88 Å². The zero-order chi connectivity index (χ0) is 16.6. The lowest BCUT2D eigenvalue weighted by atomic mass is 10.1. The second kappa shape index (κ2) is 5.91. The van der Waals surface area contributed by atoms with E-state index in [1.807, 2.05) is 0 Å². The predicted molar refractivity (Wildman–Crippen MR) is 109 cm³/mol. The molecule has 1 aliphatic rings. The van der Waals surface area contributed by atoms with Crippen molar-refractivity contribution in [3.05, 3.63) is 97.1 Å². The van der Waals surface area contributed by atoms with E-state index >= 15 is 0 Å². The maximum absolute atomic E-state index is 2.42. The molecule has 0 fully saturated rings. The van der Waals surface area contributed by atoms with E-state index in [-0.39, 0.29) is 0 Å². The summed E-state index contributed by atoms with van der Waals surface area (Å²) in [4.78, 5) is 0. The van der Waals surface area contributed by atoms with Gasteiger partial charge < -0.3 is 9.34 Å². The summed E-state index contributed by atoms with van der Waals surface area (Å²) in [6.07, 6.45) is 0. The molecule has 0 spiro atoms. The highest BCUT2D eigenvalue weighted by molar-refractivity contribution is 7.43. The number of benzene rings is 4. The number of hydrogen-bond acceptors (Lipinski definition) is 2. The molecule has 5 rings (SSSR count). The molecule has 4 aromatic carbocycles. The van der Waals surface area contributed by atoms with Gasteiger partial charge in [-0.15, -0.1) is 0 Å². The van der Waals surface area contributed by atoms with Gasteiger partial charge in [-0.25, -0.2) is 0 Å². The van der Waals surface area contributed by atoms with Crippen molar-refractivity contribution in [2.45, 2.75) is 0 Å². The predicted octanol–water partition coefficient (Wildman–Crippen LogP) is 6.64. The van der Waals surface area contributed by atoms with E-state index < -0.39 is 0 Å². The number of rotatable bonds is 2. The van der Waals surface area contributed by atoms with Crippen LogP contribution in [-0.2, 0) is 0 Å². The maximum atomic E-state index is 2.42. The molecule has 0 aliphatic carbocycles. The van der Waals surface area contributed by atoms with Gasteiger partial charge in [0.25, 0.3) is 0 Å². The Morgan fingerprint density at radius 1 is 0.480 bits per heavy atom.